The van der Waals surface area contributed by atoms with Crippen molar-refractivity contribution in [2.75, 3.05) is 40.4 Å². The highest BCUT2D eigenvalue weighted by Gasteiger charge is 2.33. The molecule has 32 heavy (non-hydrogen) atoms. The Labute approximate surface area is 187 Å². The smallest absolute Gasteiger partial charge is 0.308 e. The number of carbonyl (C=O) groups is 1. The van der Waals surface area contributed by atoms with E-state index >= 15 is 0 Å². The number of ether oxygens (including phenoxy) is 5. The third kappa shape index (κ3) is 3.25. The monoisotopic (exact) mass is 437 g/mol. The molecule has 4 rings (SSSR count). The van der Waals surface area contributed by atoms with E-state index in [4.69, 9.17) is 23.7 Å². The second-order valence-corrected chi connectivity index (χ2v) is 7.70. The van der Waals surface area contributed by atoms with Gasteiger partial charge in [0.05, 0.1) is 40.2 Å². The Morgan fingerprint density at radius 2 is 1.34 bits per heavy atom. The van der Waals surface area contributed by atoms with Crippen LogP contribution in [0.5, 0.6) is 28.7 Å². The van der Waals surface area contributed by atoms with E-state index < -0.39 is 5.97 Å². The molecule has 1 heterocycles. The first-order valence-electron chi connectivity index (χ1n) is 10.2. The SMILES string of the molecule is COc1cc2c(cc1OC)[C@H](C)N(C)c1c-2c(OC(C)=O)cc2cc(OC)c(OC)cc12. The van der Waals surface area contributed by atoms with Gasteiger partial charge >= 0.3 is 5.97 Å². The van der Waals surface area contributed by atoms with E-state index in [2.05, 4.69) is 11.8 Å². The molecule has 0 aromatic heterocycles. The normalized spacial score (nSPS) is 14.5. The molecule has 0 saturated carbocycles. The van der Waals surface area contributed by atoms with E-state index in [-0.39, 0.29) is 6.04 Å². The molecule has 0 saturated heterocycles. The summed E-state index contributed by atoms with van der Waals surface area (Å²) in [6.45, 7) is 3.52. The van der Waals surface area contributed by atoms with Crippen LogP contribution in [0.4, 0.5) is 5.69 Å². The zero-order chi connectivity index (χ0) is 23.2. The fourth-order valence-electron chi connectivity index (χ4n) is 4.41. The van der Waals surface area contributed by atoms with Gasteiger partial charge in [-0.1, -0.05) is 0 Å². The van der Waals surface area contributed by atoms with Gasteiger partial charge in [-0.3, -0.25) is 4.79 Å². The summed E-state index contributed by atoms with van der Waals surface area (Å²) in [5.74, 6) is 2.56. The largest absolute Gasteiger partial charge is 0.493 e. The van der Waals surface area contributed by atoms with Crippen molar-refractivity contribution >= 4 is 22.4 Å². The minimum Gasteiger partial charge on any atom is -0.493 e. The summed E-state index contributed by atoms with van der Waals surface area (Å²) >= 11 is 0. The third-order valence-corrected chi connectivity index (χ3v) is 6.04. The third-order valence-electron chi connectivity index (χ3n) is 6.04. The van der Waals surface area contributed by atoms with Crippen molar-refractivity contribution in [3.8, 4) is 39.9 Å². The van der Waals surface area contributed by atoms with Gasteiger partial charge in [-0.2, -0.15) is 0 Å². The highest BCUT2D eigenvalue weighted by Crippen LogP contribution is 2.54. The van der Waals surface area contributed by atoms with Crippen molar-refractivity contribution in [3.63, 3.8) is 0 Å². The zero-order valence-electron chi connectivity index (χ0n) is 19.4. The lowest BCUT2D eigenvalue weighted by Crippen LogP contribution is -2.27. The average Bonchev–Trinajstić information content (AvgIpc) is 2.79. The molecule has 0 aliphatic carbocycles. The molecule has 3 aromatic rings. The van der Waals surface area contributed by atoms with Crippen LogP contribution < -0.4 is 28.6 Å². The summed E-state index contributed by atoms with van der Waals surface area (Å²) in [6.07, 6.45) is 0. The molecule has 0 unspecified atom stereocenters. The summed E-state index contributed by atoms with van der Waals surface area (Å²) in [4.78, 5) is 14.2. The van der Waals surface area contributed by atoms with Crippen LogP contribution in [0.3, 0.4) is 0 Å². The van der Waals surface area contributed by atoms with Crippen molar-refractivity contribution in [1.29, 1.82) is 0 Å². The summed E-state index contributed by atoms with van der Waals surface area (Å²) in [5, 5.41) is 1.84. The van der Waals surface area contributed by atoms with Crippen LogP contribution >= 0.6 is 0 Å². The molecule has 0 fully saturated rings. The van der Waals surface area contributed by atoms with E-state index in [1.165, 1.54) is 6.92 Å². The Balaban J connectivity index is 2.15. The molecule has 7 heteroatoms. The van der Waals surface area contributed by atoms with Crippen molar-refractivity contribution in [2.24, 2.45) is 0 Å². The van der Waals surface area contributed by atoms with E-state index in [0.29, 0.717) is 28.7 Å². The maximum absolute atomic E-state index is 12.0. The number of nitrogens with zero attached hydrogens (tertiary/aromatic N) is 1. The van der Waals surface area contributed by atoms with E-state index in [9.17, 15) is 4.79 Å². The van der Waals surface area contributed by atoms with Crippen molar-refractivity contribution in [3.05, 3.63) is 35.9 Å². The minimum absolute atomic E-state index is 0.0289. The number of esters is 1. The highest BCUT2D eigenvalue weighted by molar-refractivity contribution is 6.08. The van der Waals surface area contributed by atoms with Gasteiger partial charge in [0, 0.05) is 24.9 Å². The molecule has 0 spiro atoms. The Kier molecular flexibility index (Phi) is 5.50. The standard InChI is InChI=1S/C25H27NO6/c1-13-16-10-20(29-5)22(31-7)12-18(16)24-23(32-14(2)27)9-15-8-19(28-4)21(30-6)11-17(15)25(24)26(13)3/h8-13H,1-7H3/t13-/m0/s1. The first-order chi connectivity index (χ1) is 15.3. The summed E-state index contributed by atoms with van der Waals surface area (Å²) < 4.78 is 27.9. The number of anilines is 1. The summed E-state index contributed by atoms with van der Waals surface area (Å²) in [7, 11) is 8.46. The molecule has 0 radical (unpaired) electrons. The number of rotatable bonds is 5. The molecular formula is C25H27NO6. The fourth-order valence-corrected chi connectivity index (χ4v) is 4.41. The quantitative estimate of drug-likeness (QED) is 0.412. The Morgan fingerprint density at radius 3 is 1.94 bits per heavy atom. The van der Waals surface area contributed by atoms with Gasteiger partial charge in [-0.25, -0.2) is 0 Å². The van der Waals surface area contributed by atoms with Crippen molar-refractivity contribution in [1.82, 2.24) is 0 Å². The number of fused-ring (bicyclic) bond motifs is 5. The molecule has 1 atom stereocenters. The number of hydrogen-bond acceptors (Lipinski definition) is 7. The van der Waals surface area contributed by atoms with Crippen LogP contribution in [0, 0.1) is 0 Å². The van der Waals surface area contributed by atoms with Crippen molar-refractivity contribution < 1.29 is 28.5 Å². The maximum atomic E-state index is 12.0. The zero-order valence-corrected chi connectivity index (χ0v) is 19.4. The topological polar surface area (TPSA) is 66.5 Å². The van der Waals surface area contributed by atoms with Crippen LogP contribution in [-0.4, -0.2) is 41.5 Å². The molecule has 1 aliphatic heterocycles. The Morgan fingerprint density at radius 1 is 0.812 bits per heavy atom. The van der Waals surface area contributed by atoms with Gasteiger partial charge in [0.1, 0.15) is 5.75 Å². The van der Waals surface area contributed by atoms with Gasteiger partial charge in [-0.15, -0.1) is 0 Å². The number of methoxy groups -OCH3 is 4. The molecule has 0 amide bonds. The van der Waals surface area contributed by atoms with Crippen LogP contribution in [0.25, 0.3) is 21.9 Å². The van der Waals surface area contributed by atoms with Gasteiger partial charge in [0.25, 0.3) is 0 Å². The van der Waals surface area contributed by atoms with Crippen LogP contribution in [0.1, 0.15) is 25.5 Å². The van der Waals surface area contributed by atoms with Crippen LogP contribution in [-0.2, 0) is 4.79 Å². The van der Waals surface area contributed by atoms with Crippen LogP contribution in [0.15, 0.2) is 30.3 Å². The number of carbonyl (C=O) groups excluding carboxylic acids is 1. The maximum Gasteiger partial charge on any atom is 0.308 e. The molecule has 3 aromatic carbocycles. The minimum atomic E-state index is -0.393. The average molecular weight is 437 g/mol. The fraction of sp³-hybridized carbons (Fsp3) is 0.320. The first-order valence-corrected chi connectivity index (χ1v) is 10.2. The summed E-state index contributed by atoms with van der Waals surface area (Å²) in [6, 6.07) is 9.66. The lowest BCUT2D eigenvalue weighted by Gasteiger charge is -2.38. The summed E-state index contributed by atoms with van der Waals surface area (Å²) in [5.41, 5.74) is 3.73. The van der Waals surface area contributed by atoms with E-state index in [0.717, 1.165) is 33.2 Å². The predicted molar refractivity (Wildman–Crippen MR) is 124 cm³/mol. The molecule has 0 bridgehead atoms. The van der Waals surface area contributed by atoms with Crippen LogP contribution in [0.2, 0.25) is 0 Å². The van der Waals surface area contributed by atoms with E-state index in [1.54, 1.807) is 28.4 Å². The van der Waals surface area contributed by atoms with Gasteiger partial charge in [0.2, 0.25) is 0 Å². The van der Waals surface area contributed by atoms with Gasteiger partial charge < -0.3 is 28.6 Å². The first kappa shape index (κ1) is 21.6. The molecule has 168 valence electrons. The van der Waals surface area contributed by atoms with Gasteiger partial charge in [-0.05, 0) is 53.8 Å². The predicted octanol–water partition coefficient (Wildman–Crippen LogP) is 4.98. The molecule has 0 N–H and O–H groups in total. The molecule has 7 nitrogen and oxygen atoms in total. The highest BCUT2D eigenvalue weighted by atomic mass is 16.5. The number of hydrogen-bond donors (Lipinski definition) is 0. The van der Waals surface area contributed by atoms with E-state index in [1.807, 2.05) is 37.4 Å². The van der Waals surface area contributed by atoms with Gasteiger partial charge in [0.15, 0.2) is 23.0 Å². The second-order valence-electron chi connectivity index (χ2n) is 7.70. The Bertz CT molecular complexity index is 1220. The van der Waals surface area contributed by atoms with Crippen molar-refractivity contribution in [2.45, 2.75) is 19.9 Å². The second kappa shape index (κ2) is 8.15. The lowest BCUT2D eigenvalue weighted by atomic mass is 9.85. The lowest BCUT2D eigenvalue weighted by molar-refractivity contribution is -0.131. The molecular weight excluding hydrogens is 410 g/mol. The number of benzene rings is 3. The molecule has 1 aliphatic rings. The Hall–Kier alpha value is -3.61.